The summed E-state index contributed by atoms with van der Waals surface area (Å²) in [5, 5.41) is 0.672. The minimum atomic E-state index is 0.672. The lowest BCUT2D eigenvalue weighted by atomic mass is 10.1. The van der Waals surface area contributed by atoms with E-state index < -0.39 is 0 Å². The van der Waals surface area contributed by atoms with Gasteiger partial charge in [0.1, 0.15) is 0 Å². The standard InChI is InChI=1S/C18H24N2OS/c1-2-6-15-8-5-9-16(11-15)13-21-10-4-3-7-17-12-20-18(19)22-14-17/h2,5,8-9,11-12H,1,3-4,6-7,10,13-14H2,(H2,19,20). The largest absolute Gasteiger partial charge is 0.378 e. The average molecular weight is 316 g/mol. The van der Waals surface area contributed by atoms with Crippen molar-refractivity contribution in [3.63, 3.8) is 0 Å². The van der Waals surface area contributed by atoms with Gasteiger partial charge in [-0.05, 0) is 42.4 Å². The number of unbranched alkanes of at least 4 members (excludes halogenated alkanes) is 1. The minimum Gasteiger partial charge on any atom is -0.378 e. The van der Waals surface area contributed by atoms with Crippen LogP contribution in [0.15, 0.2) is 53.7 Å². The molecule has 0 amide bonds. The van der Waals surface area contributed by atoms with Crippen molar-refractivity contribution < 1.29 is 4.74 Å². The van der Waals surface area contributed by atoms with Crippen LogP contribution in [0.5, 0.6) is 0 Å². The van der Waals surface area contributed by atoms with Crippen molar-refractivity contribution in [2.24, 2.45) is 10.7 Å². The quantitative estimate of drug-likeness (QED) is 0.552. The van der Waals surface area contributed by atoms with E-state index in [1.54, 1.807) is 11.8 Å². The summed E-state index contributed by atoms with van der Waals surface area (Å²) in [6, 6.07) is 8.50. The summed E-state index contributed by atoms with van der Waals surface area (Å²) in [5.74, 6) is 0.978. The van der Waals surface area contributed by atoms with Gasteiger partial charge in [0.05, 0.1) is 6.61 Å². The number of allylic oxidation sites excluding steroid dienone is 1. The van der Waals surface area contributed by atoms with Crippen molar-refractivity contribution in [1.82, 2.24) is 0 Å². The first-order chi connectivity index (χ1) is 10.8. The molecule has 0 saturated heterocycles. The summed E-state index contributed by atoms with van der Waals surface area (Å²) in [6.45, 7) is 5.26. The van der Waals surface area contributed by atoms with E-state index in [1.807, 2.05) is 12.3 Å². The number of thioether (sulfide) groups is 1. The normalized spacial score (nSPS) is 14.4. The smallest absolute Gasteiger partial charge is 0.158 e. The van der Waals surface area contributed by atoms with Crippen LogP contribution in [0.1, 0.15) is 30.4 Å². The van der Waals surface area contributed by atoms with Crippen molar-refractivity contribution in [2.45, 2.75) is 32.3 Å². The van der Waals surface area contributed by atoms with E-state index in [-0.39, 0.29) is 0 Å². The molecule has 1 aromatic rings. The second-order valence-corrected chi connectivity index (χ2v) is 6.36. The maximum absolute atomic E-state index is 5.76. The van der Waals surface area contributed by atoms with Crippen LogP contribution in [0.4, 0.5) is 0 Å². The highest BCUT2D eigenvalue weighted by Crippen LogP contribution is 2.18. The molecule has 0 bridgehead atoms. The maximum atomic E-state index is 5.76. The number of aliphatic imine (C=N–C) groups is 1. The van der Waals surface area contributed by atoms with E-state index in [0.717, 1.165) is 38.0 Å². The lowest BCUT2D eigenvalue weighted by Crippen LogP contribution is -2.10. The number of ether oxygens (including phenoxy) is 1. The van der Waals surface area contributed by atoms with Crippen LogP contribution in [0.25, 0.3) is 0 Å². The fraction of sp³-hybridized carbons (Fsp3) is 0.389. The van der Waals surface area contributed by atoms with Gasteiger partial charge in [-0.2, -0.15) is 0 Å². The molecule has 3 nitrogen and oxygen atoms in total. The third-order valence-electron chi connectivity index (χ3n) is 3.46. The van der Waals surface area contributed by atoms with Gasteiger partial charge in [0.15, 0.2) is 5.17 Å². The van der Waals surface area contributed by atoms with Crippen LogP contribution >= 0.6 is 11.8 Å². The lowest BCUT2D eigenvalue weighted by Gasteiger charge is -2.10. The molecule has 0 spiro atoms. The third kappa shape index (κ3) is 6.08. The van der Waals surface area contributed by atoms with Gasteiger partial charge in [0.2, 0.25) is 0 Å². The summed E-state index contributed by atoms with van der Waals surface area (Å²) in [6.07, 6.45) is 8.05. The van der Waals surface area contributed by atoms with Crippen molar-refractivity contribution in [3.05, 3.63) is 59.8 Å². The Bertz CT molecular complexity index is 552. The molecule has 0 aromatic heterocycles. The van der Waals surface area contributed by atoms with Gasteiger partial charge >= 0.3 is 0 Å². The summed E-state index contributed by atoms with van der Waals surface area (Å²) >= 11 is 1.62. The second-order valence-electron chi connectivity index (χ2n) is 5.37. The van der Waals surface area contributed by atoms with E-state index in [0.29, 0.717) is 11.8 Å². The van der Waals surface area contributed by atoms with Crippen molar-refractivity contribution in [1.29, 1.82) is 0 Å². The molecule has 1 aliphatic heterocycles. The molecule has 2 N–H and O–H groups in total. The van der Waals surface area contributed by atoms with Crippen molar-refractivity contribution >= 4 is 16.9 Å². The highest BCUT2D eigenvalue weighted by atomic mass is 32.2. The molecule has 22 heavy (non-hydrogen) atoms. The number of benzene rings is 1. The molecule has 0 radical (unpaired) electrons. The predicted octanol–water partition coefficient (Wildman–Crippen LogP) is 4.05. The van der Waals surface area contributed by atoms with E-state index in [4.69, 9.17) is 10.5 Å². The molecule has 2 rings (SSSR count). The molecule has 0 saturated carbocycles. The number of nitrogens with two attached hydrogens (primary N) is 1. The predicted molar refractivity (Wildman–Crippen MR) is 96.0 cm³/mol. The van der Waals surface area contributed by atoms with Gasteiger partial charge in [-0.1, -0.05) is 42.1 Å². The van der Waals surface area contributed by atoms with Crippen LogP contribution in [-0.2, 0) is 17.8 Å². The molecule has 1 heterocycles. The maximum Gasteiger partial charge on any atom is 0.158 e. The topological polar surface area (TPSA) is 47.6 Å². The number of hydrogen-bond donors (Lipinski definition) is 1. The van der Waals surface area contributed by atoms with Gasteiger partial charge in [-0.15, -0.1) is 6.58 Å². The van der Waals surface area contributed by atoms with Gasteiger partial charge in [-0.3, -0.25) is 0 Å². The molecule has 0 fully saturated rings. The minimum absolute atomic E-state index is 0.672. The number of amidine groups is 1. The molecule has 1 aromatic carbocycles. The zero-order chi connectivity index (χ0) is 15.6. The van der Waals surface area contributed by atoms with E-state index >= 15 is 0 Å². The number of hydrogen-bond acceptors (Lipinski definition) is 4. The summed E-state index contributed by atoms with van der Waals surface area (Å²) in [7, 11) is 0. The Morgan fingerprint density at radius 1 is 1.32 bits per heavy atom. The number of rotatable bonds is 9. The van der Waals surface area contributed by atoms with Gasteiger partial charge < -0.3 is 10.5 Å². The molecule has 0 unspecified atom stereocenters. The molecule has 0 aliphatic carbocycles. The highest BCUT2D eigenvalue weighted by molar-refractivity contribution is 8.14. The first-order valence-electron chi connectivity index (χ1n) is 7.68. The molecule has 4 heteroatoms. The Hall–Kier alpha value is -1.52. The van der Waals surface area contributed by atoms with Crippen LogP contribution in [0.2, 0.25) is 0 Å². The third-order valence-corrected chi connectivity index (χ3v) is 4.37. The molecular weight excluding hydrogens is 292 g/mol. The molecule has 1 aliphatic rings. The fourth-order valence-electron chi connectivity index (χ4n) is 2.29. The van der Waals surface area contributed by atoms with E-state index in [2.05, 4.69) is 35.8 Å². The summed E-state index contributed by atoms with van der Waals surface area (Å²) < 4.78 is 5.76. The van der Waals surface area contributed by atoms with E-state index in [9.17, 15) is 0 Å². The zero-order valence-corrected chi connectivity index (χ0v) is 13.8. The van der Waals surface area contributed by atoms with Gasteiger partial charge in [-0.25, -0.2) is 4.99 Å². The van der Waals surface area contributed by atoms with Crippen LogP contribution in [0, 0.1) is 0 Å². The average Bonchev–Trinajstić information content (AvgIpc) is 2.53. The van der Waals surface area contributed by atoms with Crippen molar-refractivity contribution in [2.75, 3.05) is 12.4 Å². The van der Waals surface area contributed by atoms with Gasteiger partial charge in [0.25, 0.3) is 0 Å². The lowest BCUT2D eigenvalue weighted by molar-refractivity contribution is 0.117. The second kappa shape index (κ2) is 9.49. The van der Waals surface area contributed by atoms with Crippen molar-refractivity contribution in [3.8, 4) is 0 Å². The van der Waals surface area contributed by atoms with Crippen LogP contribution in [0.3, 0.4) is 0 Å². The first-order valence-corrected chi connectivity index (χ1v) is 8.67. The Morgan fingerprint density at radius 3 is 2.95 bits per heavy atom. The Kier molecular flexibility index (Phi) is 7.26. The SMILES string of the molecule is C=CCc1cccc(COCCCCC2=CN=C(N)SC2)c1. The summed E-state index contributed by atoms with van der Waals surface area (Å²) in [4.78, 5) is 4.15. The van der Waals surface area contributed by atoms with Gasteiger partial charge in [0, 0.05) is 18.6 Å². The summed E-state index contributed by atoms with van der Waals surface area (Å²) in [5.41, 5.74) is 9.51. The molecule has 0 atom stereocenters. The highest BCUT2D eigenvalue weighted by Gasteiger charge is 2.05. The number of nitrogens with zero attached hydrogens (tertiary/aromatic N) is 1. The zero-order valence-electron chi connectivity index (χ0n) is 13.0. The Labute approximate surface area is 137 Å². The fourth-order valence-corrected chi connectivity index (χ4v) is 2.97. The van der Waals surface area contributed by atoms with E-state index in [1.165, 1.54) is 16.7 Å². The first kappa shape index (κ1) is 16.8. The van der Waals surface area contributed by atoms with Crippen LogP contribution in [-0.4, -0.2) is 17.5 Å². The monoisotopic (exact) mass is 316 g/mol. The Morgan fingerprint density at radius 2 is 2.18 bits per heavy atom. The molecule has 118 valence electrons. The molecular formula is C18H24N2OS. The van der Waals surface area contributed by atoms with Crippen LogP contribution < -0.4 is 5.73 Å². The Balaban J connectivity index is 1.59.